The molecule has 0 spiro atoms. The molecule has 1 aromatic heterocycles. The maximum Gasteiger partial charge on any atom is 0.258 e. The van der Waals surface area contributed by atoms with Crippen molar-refractivity contribution >= 4 is 44.0 Å². The Bertz CT molecular complexity index is 1230. The highest BCUT2D eigenvalue weighted by molar-refractivity contribution is 7.89. The summed E-state index contributed by atoms with van der Waals surface area (Å²) in [7, 11) is -3.62. The van der Waals surface area contributed by atoms with Gasteiger partial charge in [-0.2, -0.15) is 4.31 Å². The molecule has 0 bridgehead atoms. The molecule has 0 saturated heterocycles. The number of carbonyl (C=O) groups excluding carboxylic acids is 1. The molecule has 156 valence electrons. The highest BCUT2D eigenvalue weighted by Crippen LogP contribution is 2.31. The maximum absolute atomic E-state index is 13.2. The molecule has 2 heterocycles. The minimum Gasteiger partial charge on any atom is -0.298 e. The van der Waals surface area contributed by atoms with Gasteiger partial charge in [-0.05, 0) is 37.3 Å². The summed E-state index contributed by atoms with van der Waals surface area (Å²) in [5.74, 6) is -1.04. The minimum absolute atomic E-state index is 0.00388. The van der Waals surface area contributed by atoms with Crippen LogP contribution in [0.4, 0.5) is 9.52 Å². The number of hydrogen-bond acceptors (Lipinski definition) is 5. The molecule has 3 aromatic rings. The first kappa shape index (κ1) is 20.9. The monoisotopic (exact) mass is 465 g/mol. The van der Waals surface area contributed by atoms with E-state index in [0.29, 0.717) is 18.1 Å². The fraction of sp³-hybridized carbons (Fsp3) is 0.200. The minimum atomic E-state index is -3.62. The number of anilines is 1. The summed E-state index contributed by atoms with van der Waals surface area (Å²) < 4.78 is 40.5. The third kappa shape index (κ3) is 4.11. The number of aryl methyl sites for hydroxylation is 1. The van der Waals surface area contributed by atoms with E-state index in [4.69, 9.17) is 11.6 Å². The number of benzene rings is 2. The van der Waals surface area contributed by atoms with Gasteiger partial charge in [0.1, 0.15) is 5.82 Å². The standard InChI is InChI=1S/C20H17ClFN3O3S2/c1-12-2-5-14(6-3-12)30(27,28)25-9-8-17-18(11-25)29-20(23-17)24-19(26)15-7-4-13(22)10-16(15)21/h2-7,10H,8-9,11H2,1H3,(H,23,24,26). The first-order valence-electron chi connectivity index (χ1n) is 9.06. The second-order valence-corrected chi connectivity index (χ2v) is 10.3. The average Bonchev–Trinajstić information content (AvgIpc) is 3.09. The fourth-order valence-electron chi connectivity index (χ4n) is 3.13. The van der Waals surface area contributed by atoms with Crippen LogP contribution < -0.4 is 5.32 Å². The molecule has 0 radical (unpaired) electrons. The van der Waals surface area contributed by atoms with E-state index in [0.717, 1.165) is 28.3 Å². The highest BCUT2D eigenvalue weighted by Gasteiger charge is 2.30. The van der Waals surface area contributed by atoms with Crippen LogP contribution in [0.2, 0.25) is 5.02 Å². The lowest BCUT2D eigenvalue weighted by Crippen LogP contribution is -2.35. The lowest BCUT2D eigenvalue weighted by Gasteiger charge is -2.25. The van der Waals surface area contributed by atoms with Crippen LogP contribution in [0.3, 0.4) is 0 Å². The Hall–Kier alpha value is -2.33. The molecule has 1 aliphatic rings. The highest BCUT2D eigenvalue weighted by atomic mass is 35.5. The van der Waals surface area contributed by atoms with Crippen LogP contribution in [0.25, 0.3) is 0 Å². The first-order chi connectivity index (χ1) is 14.2. The van der Waals surface area contributed by atoms with Crippen molar-refractivity contribution < 1.29 is 17.6 Å². The number of hydrogen-bond donors (Lipinski definition) is 1. The Morgan fingerprint density at radius 3 is 2.67 bits per heavy atom. The number of rotatable bonds is 4. The number of sulfonamides is 1. The normalized spacial score (nSPS) is 14.4. The quantitative estimate of drug-likeness (QED) is 0.625. The molecule has 30 heavy (non-hydrogen) atoms. The Labute approximate surface area is 182 Å². The van der Waals surface area contributed by atoms with Gasteiger partial charge in [0.25, 0.3) is 5.91 Å². The molecule has 1 N–H and O–H groups in total. The lowest BCUT2D eigenvalue weighted by atomic mass is 10.2. The molecule has 0 atom stereocenters. The SMILES string of the molecule is Cc1ccc(S(=O)(=O)N2CCc3nc(NC(=O)c4ccc(F)cc4Cl)sc3C2)cc1. The third-order valence-electron chi connectivity index (χ3n) is 4.75. The largest absolute Gasteiger partial charge is 0.298 e. The van der Waals surface area contributed by atoms with Crippen molar-refractivity contribution in [2.75, 3.05) is 11.9 Å². The van der Waals surface area contributed by atoms with E-state index in [-0.39, 0.29) is 22.0 Å². The number of carbonyl (C=O) groups is 1. The van der Waals surface area contributed by atoms with Gasteiger partial charge < -0.3 is 0 Å². The molecule has 1 amide bonds. The second-order valence-electron chi connectivity index (χ2n) is 6.87. The zero-order valence-electron chi connectivity index (χ0n) is 15.9. The van der Waals surface area contributed by atoms with Gasteiger partial charge in [-0.25, -0.2) is 17.8 Å². The van der Waals surface area contributed by atoms with Gasteiger partial charge in [0.2, 0.25) is 10.0 Å². The summed E-state index contributed by atoms with van der Waals surface area (Å²) in [6.07, 6.45) is 0.449. The predicted molar refractivity (Wildman–Crippen MR) is 114 cm³/mol. The molecule has 1 aliphatic heterocycles. The topological polar surface area (TPSA) is 79.4 Å². The molecule has 6 nitrogen and oxygen atoms in total. The predicted octanol–water partition coefficient (Wildman–Crippen LogP) is 4.24. The van der Waals surface area contributed by atoms with Crippen molar-refractivity contribution in [1.82, 2.24) is 9.29 Å². The van der Waals surface area contributed by atoms with Crippen molar-refractivity contribution in [2.24, 2.45) is 0 Å². The van der Waals surface area contributed by atoms with E-state index in [1.807, 2.05) is 6.92 Å². The summed E-state index contributed by atoms with van der Waals surface area (Å²) >= 11 is 7.16. The van der Waals surface area contributed by atoms with Gasteiger partial charge >= 0.3 is 0 Å². The van der Waals surface area contributed by atoms with Crippen LogP contribution in [-0.2, 0) is 23.0 Å². The van der Waals surface area contributed by atoms with E-state index in [1.165, 1.54) is 21.7 Å². The van der Waals surface area contributed by atoms with Crippen molar-refractivity contribution in [3.8, 4) is 0 Å². The molecular formula is C20H17ClFN3O3S2. The molecule has 0 unspecified atom stereocenters. The summed E-state index contributed by atoms with van der Waals surface area (Å²) in [4.78, 5) is 17.9. The van der Waals surface area contributed by atoms with Gasteiger partial charge in [0.15, 0.2) is 5.13 Å². The van der Waals surface area contributed by atoms with Crippen LogP contribution in [-0.4, -0.2) is 30.2 Å². The van der Waals surface area contributed by atoms with Crippen LogP contribution in [0.15, 0.2) is 47.4 Å². The zero-order valence-corrected chi connectivity index (χ0v) is 18.2. The van der Waals surface area contributed by atoms with Crippen molar-refractivity contribution in [1.29, 1.82) is 0 Å². The van der Waals surface area contributed by atoms with Crippen LogP contribution >= 0.6 is 22.9 Å². The Morgan fingerprint density at radius 1 is 1.23 bits per heavy atom. The average molecular weight is 466 g/mol. The molecule has 0 saturated carbocycles. The van der Waals surface area contributed by atoms with E-state index < -0.39 is 21.7 Å². The summed E-state index contributed by atoms with van der Waals surface area (Å²) in [6.45, 7) is 2.40. The number of nitrogens with one attached hydrogen (secondary N) is 1. The fourth-order valence-corrected chi connectivity index (χ4v) is 5.89. The molecule has 0 aliphatic carbocycles. The van der Waals surface area contributed by atoms with Crippen molar-refractivity contribution in [2.45, 2.75) is 24.8 Å². The number of nitrogens with zero attached hydrogens (tertiary/aromatic N) is 2. The summed E-state index contributed by atoms with van der Waals surface area (Å²) in [5, 5.41) is 3.01. The summed E-state index contributed by atoms with van der Waals surface area (Å²) in [6, 6.07) is 10.3. The Morgan fingerprint density at radius 2 is 1.97 bits per heavy atom. The lowest BCUT2D eigenvalue weighted by molar-refractivity contribution is 0.102. The third-order valence-corrected chi connectivity index (χ3v) is 7.92. The number of fused-ring (bicyclic) bond motifs is 1. The van der Waals surface area contributed by atoms with E-state index in [9.17, 15) is 17.6 Å². The van der Waals surface area contributed by atoms with Gasteiger partial charge in [-0.15, -0.1) is 11.3 Å². The first-order valence-corrected chi connectivity index (χ1v) is 11.7. The number of amides is 1. The number of thiazole rings is 1. The van der Waals surface area contributed by atoms with Crippen LogP contribution in [0, 0.1) is 12.7 Å². The Balaban J connectivity index is 1.52. The summed E-state index contributed by atoms with van der Waals surface area (Å²) in [5.41, 5.74) is 1.88. The second kappa shape index (κ2) is 8.07. The molecule has 2 aromatic carbocycles. The van der Waals surface area contributed by atoms with E-state index in [1.54, 1.807) is 24.3 Å². The number of aromatic nitrogens is 1. The molecule has 10 heteroatoms. The smallest absolute Gasteiger partial charge is 0.258 e. The van der Waals surface area contributed by atoms with Crippen molar-refractivity contribution in [3.63, 3.8) is 0 Å². The van der Waals surface area contributed by atoms with Crippen molar-refractivity contribution in [3.05, 3.63) is 75.0 Å². The van der Waals surface area contributed by atoms with E-state index >= 15 is 0 Å². The molecular weight excluding hydrogens is 449 g/mol. The maximum atomic E-state index is 13.2. The van der Waals surface area contributed by atoms with E-state index in [2.05, 4.69) is 10.3 Å². The van der Waals surface area contributed by atoms with Gasteiger partial charge in [-0.1, -0.05) is 29.3 Å². The Kier molecular flexibility index (Phi) is 5.63. The molecule has 0 fully saturated rings. The van der Waals surface area contributed by atoms with Gasteiger partial charge in [0, 0.05) is 17.8 Å². The van der Waals surface area contributed by atoms with Gasteiger partial charge in [0.05, 0.1) is 27.7 Å². The van der Waals surface area contributed by atoms with Crippen LogP contribution in [0.1, 0.15) is 26.5 Å². The van der Waals surface area contributed by atoms with Crippen LogP contribution in [0.5, 0.6) is 0 Å². The molecule has 4 rings (SSSR count). The number of halogens is 2. The van der Waals surface area contributed by atoms with Gasteiger partial charge in [-0.3, -0.25) is 10.1 Å². The zero-order chi connectivity index (χ0) is 21.5.